The Balaban J connectivity index is 1.61. The molecule has 38 heavy (non-hydrogen) atoms. The van der Waals surface area contributed by atoms with E-state index in [1.165, 1.54) is 13.1 Å². The second-order valence-corrected chi connectivity index (χ2v) is 10.9. The number of ether oxygens (including phenoxy) is 1. The van der Waals surface area contributed by atoms with Gasteiger partial charge < -0.3 is 20.5 Å². The van der Waals surface area contributed by atoms with Crippen molar-refractivity contribution in [2.24, 2.45) is 0 Å². The molecular weight excluding hydrogens is 510 g/mol. The largest absolute Gasteiger partial charge is 0.480 e. The molecule has 1 aliphatic carbocycles. The van der Waals surface area contributed by atoms with E-state index in [1.54, 1.807) is 13.0 Å². The van der Waals surface area contributed by atoms with Crippen LogP contribution in [0.25, 0.3) is 11.1 Å². The molecule has 0 bridgehead atoms. The van der Waals surface area contributed by atoms with Gasteiger partial charge in [-0.2, -0.15) is 0 Å². The number of fused-ring (bicyclic) bond motifs is 2. The number of aliphatic hydroxyl groups is 1. The van der Waals surface area contributed by atoms with Crippen LogP contribution < -0.4 is 15.4 Å². The molecule has 5 nitrogen and oxygen atoms in total. The fraction of sp³-hybridized carbons (Fsp3) is 0.367. The molecule has 4 atom stereocenters. The standard InChI is InChI=1S/C30H29ClF2N2O3/c1-15-17-11-19(29(37)34-2)26(28(33)18(17)12-22(15)36)25-20-14-30(24-9-6-10-35-24,16-7-4-3-5-8-16)38-23(20)13-21(32)27(25)31/h3-5,7-8,11,13,15,22,24,35-36H,6,9-10,12,14H2,1-2H3,(H,34,37)/t15?,22?,24-,30-/m0/s1. The van der Waals surface area contributed by atoms with Crippen LogP contribution >= 0.6 is 11.6 Å². The average Bonchev–Trinajstić information content (AvgIpc) is 3.65. The minimum absolute atomic E-state index is 0.0498. The SMILES string of the molecule is CNC(=O)c1cc2c(c(F)c1-c1c(Cl)c(F)cc3c1C[C@](c1ccccc1)([C@@H]1CCCN1)O3)CC(O)C2C. The molecule has 3 N–H and O–H groups in total. The molecule has 0 radical (unpaired) electrons. The lowest BCUT2D eigenvalue weighted by Crippen LogP contribution is -2.48. The van der Waals surface area contributed by atoms with Gasteiger partial charge >= 0.3 is 0 Å². The zero-order valence-electron chi connectivity index (χ0n) is 21.2. The van der Waals surface area contributed by atoms with E-state index in [9.17, 15) is 9.90 Å². The van der Waals surface area contributed by atoms with Gasteiger partial charge in [0.25, 0.3) is 5.91 Å². The summed E-state index contributed by atoms with van der Waals surface area (Å²) in [7, 11) is 1.46. The summed E-state index contributed by atoms with van der Waals surface area (Å²) in [4.78, 5) is 13.1. The molecule has 0 aromatic heterocycles. The molecule has 8 heteroatoms. The molecule has 198 valence electrons. The molecule has 3 aromatic rings. The normalized spacial score (nSPS) is 25.7. The summed E-state index contributed by atoms with van der Waals surface area (Å²) >= 11 is 6.62. The lowest BCUT2D eigenvalue weighted by Gasteiger charge is -2.35. The number of halogens is 3. The van der Waals surface area contributed by atoms with Crippen molar-refractivity contribution in [3.8, 4) is 16.9 Å². The minimum Gasteiger partial charge on any atom is -0.480 e. The maximum absolute atomic E-state index is 16.4. The number of carbonyl (C=O) groups excluding carboxylic acids is 1. The van der Waals surface area contributed by atoms with Gasteiger partial charge in [0.05, 0.1) is 22.7 Å². The van der Waals surface area contributed by atoms with Crippen LogP contribution in [-0.2, 0) is 18.4 Å². The Kier molecular flexibility index (Phi) is 6.21. The highest BCUT2D eigenvalue weighted by molar-refractivity contribution is 6.34. The number of amides is 1. The summed E-state index contributed by atoms with van der Waals surface area (Å²) in [6.07, 6.45) is 1.49. The monoisotopic (exact) mass is 538 g/mol. The van der Waals surface area contributed by atoms with Crippen molar-refractivity contribution < 1.29 is 23.4 Å². The Morgan fingerprint density at radius 2 is 1.95 bits per heavy atom. The van der Waals surface area contributed by atoms with Gasteiger partial charge in [0.15, 0.2) is 5.60 Å². The Morgan fingerprint density at radius 3 is 2.63 bits per heavy atom. The topological polar surface area (TPSA) is 70.6 Å². The molecule has 1 amide bonds. The summed E-state index contributed by atoms with van der Waals surface area (Å²) < 4.78 is 38.5. The van der Waals surface area contributed by atoms with E-state index in [0.717, 1.165) is 24.9 Å². The summed E-state index contributed by atoms with van der Waals surface area (Å²) in [5, 5.41) is 16.3. The first-order valence-electron chi connectivity index (χ1n) is 13.0. The van der Waals surface area contributed by atoms with Crippen molar-refractivity contribution in [3.63, 3.8) is 0 Å². The van der Waals surface area contributed by atoms with Crippen LogP contribution in [-0.4, -0.2) is 36.8 Å². The van der Waals surface area contributed by atoms with Crippen LogP contribution in [0.1, 0.15) is 58.3 Å². The van der Waals surface area contributed by atoms with E-state index >= 15 is 8.78 Å². The van der Waals surface area contributed by atoms with Gasteiger partial charge in [0.1, 0.15) is 17.4 Å². The molecule has 1 fully saturated rings. The highest BCUT2D eigenvalue weighted by Crippen LogP contribution is 2.53. The number of carbonyl (C=O) groups is 1. The van der Waals surface area contributed by atoms with Crippen molar-refractivity contribution in [2.45, 2.75) is 56.3 Å². The number of rotatable bonds is 4. The van der Waals surface area contributed by atoms with Crippen LogP contribution in [0.15, 0.2) is 42.5 Å². The van der Waals surface area contributed by atoms with E-state index in [1.807, 2.05) is 30.3 Å². The summed E-state index contributed by atoms with van der Waals surface area (Å²) in [5.74, 6) is -1.98. The van der Waals surface area contributed by atoms with Crippen molar-refractivity contribution in [3.05, 3.63) is 86.9 Å². The number of aliphatic hydroxyl groups excluding tert-OH is 1. The molecule has 0 spiro atoms. The Hall–Kier alpha value is -3.00. The van der Waals surface area contributed by atoms with Crippen LogP contribution in [0, 0.1) is 11.6 Å². The third kappa shape index (κ3) is 3.67. The Labute approximate surface area is 225 Å². The van der Waals surface area contributed by atoms with Gasteiger partial charge in [-0.1, -0.05) is 48.9 Å². The zero-order chi connectivity index (χ0) is 26.8. The number of hydrogen-bond donors (Lipinski definition) is 3. The van der Waals surface area contributed by atoms with Gasteiger partial charge in [-0.05, 0) is 42.1 Å². The highest BCUT2D eigenvalue weighted by Gasteiger charge is 2.50. The lowest BCUT2D eigenvalue weighted by atomic mass is 9.80. The van der Waals surface area contributed by atoms with Crippen molar-refractivity contribution in [2.75, 3.05) is 13.6 Å². The molecule has 1 saturated heterocycles. The van der Waals surface area contributed by atoms with Gasteiger partial charge in [-0.3, -0.25) is 4.79 Å². The number of hydrogen-bond acceptors (Lipinski definition) is 4. The fourth-order valence-corrected chi connectivity index (χ4v) is 6.76. The maximum atomic E-state index is 16.4. The summed E-state index contributed by atoms with van der Waals surface area (Å²) in [6, 6.07) is 12.6. The molecular formula is C30H29ClF2N2O3. The molecule has 2 aliphatic heterocycles. The second kappa shape index (κ2) is 9.33. The fourth-order valence-electron chi connectivity index (χ4n) is 6.50. The minimum atomic E-state index is -0.850. The average molecular weight is 539 g/mol. The van der Waals surface area contributed by atoms with E-state index in [-0.39, 0.29) is 45.8 Å². The third-order valence-electron chi connectivity index (χ3n) is 8.51. The molecule has 0 saturated carbocycles. The Morgan fingerprint density at radius 1 is 1.18 bits per heavy atom. The first kappa shape index (κ1) is 25.3. The highest BCUT2D eigenvalue weighted by atomic mass is 35.5. The number of benzene rings is 3. The zero-order valence-corrected chi connectivity index (χ0v) is 22.0. The van der Waals surface area contributed by atoms with E-state index < -0.39 is 29.2 Å². The smallest absolute Gasteiger partial charge is 0.251 e. The van der Waals surface area contributed by atoms with E-state index in [4.69, 9.17) is 16.3 Å². The van der Waals surface area contributed by atoms with Crippen LogP contribution in [0.4, 0.5) is 8.78 Å². The molecule has 3 aliphatic rings. The van der Waals surface area contributed by atoms with Gasteiger partial charge in [0, 0.05) is 48.6 Å². The van der Waals surface area contributed by atoms with Crippen molar-refractivity contribution in [1.29, 1.82) is 0 Å². The molecule has 3 aromatic carbocycles. The predicted molar refractivity (Wildman–Crippen MR) is 142 cm³/mol. The molecule has 2 heterocycles. The third-order valence-corrected chi connectivity index (χ3v) is 8.88. The molecule has 2 unspecified atom stereocenters. The lowest BCUT2D eigenvalue weighted by molar-refractivity contribution is 0.0539. The van der Waals surface area contributed by atoms with E-state index in [2.05, 4.69) is 10.6 Å². The quantitative estimate of drug-likeness (QED) is 0.424. The van der Waals surface area contributed by atoms with Crippen LogP contribution in [0.2, 0.25) is 5.02 Å². The molecule has 6 rings (SSSR count). The van der Waals surface area contributed by atoms with Gasteiger partial charge in [-0.25, -0.2) is 8.78 Å². The Bertz CT molecular complexity index is 1440. The number of nitrogens with one attached hydrogen (secondary N) is 2. The van der Waals surface area contributed by atoms with E-state index in [0.29, 0.717) is 23.1 Å². The summed E-state index contributed by atoms with van der Waals surface area (Å²) in [6.45, 7) is 2.63. The van der Waals surface area contributed by atoms with Gasteiger partial charge in [-0.15, -0.1) is 0 Å². The summed E-state index contributed by atoms with van der Waals surface area (Å²) in [5.41, 5.74) is 1.66. The van der Waals surface area contributed by atoms with Crippen molar-refractivity contribution in [1.82, 2.24) is 10.6 Å². The van der Waals surface area contributed by atoms with Crippen molar-refractivity contribution >= 4 is 17.5 Å². The van der Waals surface area contributed by atoms with Crippen LogP contribution in [0.5, 0.6) is 5.75 Å². The maximum Gasteiger partial charge on any atom is 0.251 e. The van der Waals surface area contributed by atoms with Gasteiger partial charge in [0.2, 0.25) is 0 Å². The first-order chi connectivity index (χ1) is 18.3. The predicted octanol–water partition coefficient (Wildman–Crippen LogP) is 5.25. The second-order valence-electron chi connectivity index (χ2n) is 10.5. The first-order valence-corrected chi connectivity index (χ1v) is 13.4. The van der Waals surface area contributed by atoms with Crippen LogP contribution in [0.3, 0.4) is 0 Å².